The number of hydrogen-bond donors (Lipinski definition) is 3. The van der Waals surface area contributed by atoms with E-state index in [4.69, 9.17) is 14.6 Å². The predicted octanol–water partition coefficient (Wildman–Crippen LogP) is 6.19. The number of carboxylic acids is 1. The number of aliphatic hydroxyl groups is 2. The average molecular weight is 668 g/mol. The molecular weight excluding hydrogens is 618 g/mol. The van der Waals surface area contributed by atoms with Gasteiger partial charge < -0.3 is 29.7 Å². The molecule has 2 aliphatic rings. The minimum Gasteiger partial charge on any atom is -0.511 e. The van der Waals surface area contributed by atoms with Gasteiger partial charge in [0, 0.05) is 63.3 Å². The van der Waals surface area contributed by atoms with Crippen LogP contribution < -0.4 is 4.74 Å². The first-order chi connectivity index (χ1) is 22.5. The number of ether oxygens (including phenoxy) is 2. The van der Waals surface area contributed by atoms with Crippen molar-refractivity contribution in [3.05, 3.63) is 52.5 Å². The van der Waals surface area contributed by atoms with Crippen LogP contribution in [0, 0.1) is 10.8 Å². The van der Waals surface area contributed by atoms with Crippen LogP contribution in [0.25, 0.3) is 0 Å². The fourth-order valence-electron chi connectivity index (χ4n) is 5.93. The Morgan fingerprint density at radius 1 is 0.792 bits per heavy atom. The molecule has 3 rings (SSSR count). The molecule has 2 aliphatic carbocycles. The van der Waals surface area contributed by atoms with Crippen LogP contribution in [-0.2, 0) is 25.7 Å². The van der Waals surface area contributed by atoms with Crippen LogP contribution in [0.3, 0.4) is 0 Å². The second-order valence-electron chi connectivity index (χ2n) is 14.0. The lowest BCUT2D eigenvalue weighted by Gasteiger charge is -2.29. The molecule has 12 nitrogen and oxygen atoms in total. The third-order valence-electron chi connectivity index (χ3n) is 8.21. The summed E-state index contributed by atoms with van der Waals surface area (Å²) in [5.74, 6) is -0.847. The SMILES string of the molecule is CC(=NCCCN(CCCN=C(C)C1=C(O)CC(C)(C)CC1=O)C(=O)OCc1ccc(OCC(=O)O)cc1)C1=C(O)CC(C)(C)CC1=O. The lowest BCUT2D eigenvalue weighted by Crippen LogP contribution is -2.34. The number of allylic oxidation sites excluding steroid dienone is 4. The molecule has 262 valence electrons. The molecule has 0 aromatic heterocycles. The van der Waals surface area contributed by atoms with Gasteiger partial charge in [-0.15, -0.1) is 0 Å². The van der Waals surface area contributed by atoms with Gasteiger partial charge in [-0.3, -0.25) is 19.6 Å². The minimum atomic E-state index is -1.08. The van der Waals surface area contributed by atoms with E-state index in [9.17, 15) is 29.4 Å². The number of rotatable bonds is 15. The van der Waals surface area contributed by atoms with Crippen molar-refractivity contribution < 1.29 is 44.0 Å². The van der Waals surface area contributed by atoms with Gasteiger partial charge in [0.25, 0.3) is 0 Å². The minimum absolute atomic E-state index is 0.0130. The molecule has 0 heterocycles. The van der Waals surface area contributed by atoms with Crippen molar-refractivity contribution in [2.24, 2.45) is 20.8 Å². The topological polar surface area (TPSA) is 175 Å². The van der Waals surface area contributed by atoms with Crippen molar-refractivity contribution in [1.82, 2.24) is 4.90 Å². The molecule has 1 amide bonds. The van der Waals surface area contributed by atoms with E-state index >= 15 is 0 Å². The quantitative estimate of drug-likeness (QED) is 0.145. The van der Waals surface area contributed by atoms with Crippen LogP contribution in [0.15, 0.2) is 56.9 Å². The summed E-state index contributed by atoms with van der Waals surface area (Å²) < 4.78 is 10.7. The third-order valence-corrected chi connectivity index (χ3v) is 8.21. The number of Topliss-reactive ketones (excluding diaryl/α,β-unsaturated/α-hetero) is 2. The summed E-state index contributed by atoms with van der Waals surface area (Å²) in [6, 6.07) is 6.56. The Labute approximate surface area is 282 Å². The zero-order valence-corrected chi connectivity index (χ0v) is 28.9. The van der Waals surface area contributed by atoms with Gasteiger partial charge in [-0.05, 0) is 55.2 Å². The Morgan fingerprint density at radius 3 is 1.67 bits per heavy atom. The lowest BCUT2D eigenvalue weighted by atomic mass is 9.76. The molecule has 0 bridgehead atoms. The van der Waals surface area contributed by atoms with E-state index in [0.717, 1.165) is 0 Å². The number of aliphatic hydroxyl groups excluding tert-OH is 2. The summed E-state index contributed by atoms with van der Waals surface area (Å²) >= 11 is 0. The van der Waals surface area contributed by atoms with Gasteiger partial charge in [-0.1, -0.05) is 39.8 Å². The zero-order valence-electron chi connectivity index (χ0n) is 28.9. The van der Waals surface area contributed by atoms with Gasteiger partial charge in [0.05, 0.1) is 11.1 Å². The van der Waals surface area contributed by atoms with Crippen molar-refractivity contribution in [2.45, 2.75) is 86.7 Å². The number of aliphatic imine (C=N–C) groups is 2. The number of benzene rings is 1. The predicted molar refractivity (Wildman–Crippen MR) is 182 cm³/mol. The molecule has 0 saturated carbocycles. The third kappa shape index (κ3) is 11.3. The molecular formula is C36H49N3O9. The molecule has 0 saturated heterocycles. The molecule has 0 radical (unpaired) electrons. The molecule has 0 unspecified atom stereocenters. The summed E-state index contributed by atoms with van der Waals surface area (Å²) in [6.45, 7) is 12.0. The smallest absolute Gasteiger partial charge is 0.410 e. The van der Waals surface area contributed by atoms with Crippen LogP contribution in [0.5, 0.6) is 5.75 Å². The van der Waals surface area contributed by atoms with Crippen LogP contribution in [0.4, 0.5) is 4.79 Å². The summed E-state index contributed by atoms with van der Waals surface area (Å²) in [5, 5.41) is 29.8. The van der Waals surface area contributed by atoms with Gasteiger partial charge in [-0.25, -0.2) is 9.59 Å². The maximum atomic E-state index is 13.2. The Kier molecular flexibility index (Phi) is 13.1. The summed E-state index contributed by atoms with van der Waals surface area (Å²) in [5.41, 5.74) is 1.59. The van der Waals surface area contributed by atoms with E-state index in [1.54, 1.807) is 43.0 Å². The van der Waals surface area contributed by atoms with E-state index in [1.165, 1.54) is 0 Å². The molecule has 48 heavy (non-hydrogen) atoms. The van der Waals surface area contributed by atoms with E-state index in [-0.39, 0.29) is 51.7 Å². The van der Waals surface area contributed by atoms with Gasteiger partial charge in [0.1, 0.15) is 23.9 Å². The van der Waals surface area contributed by atoms with Gasteiger partial charge in [-0.2, -0.15) is 0 Å². The second kappa shape index (κ2) is 16.6. The number of hydrogen-bond acceptors (Lipinski definition) is 10. The highest BCUT2D eigenvalue weighted by Gasteiger charge is 2.35. The van der Waals surface area contributed by atoms with Crippen LogP contribution in [0.2, 0.25) is 0 Å². The Morgan fingerprint density at radius 2 is 1.25 bits per heavy atom. The summed E-state index contributed by atoms with van der Waals surface area (Å²) in [7, 11) is 0. The highest BCUT2D eigenvalue weighted by atomic mass is 16.6. The Hall–Kier alpha value is -4.48. The van der Waals surface area contributed by atoms with Crippen molar-refractivity contribution in [3.63, 3.8) is 0 Å². The number of aliphatic carboxylic acids is 1. The molecule has 12 heteroatoms. The van der Waals surface area contributed by atoms with Crippen LogP contribution >= 0.6 is 0 Å². The molecule has 0 fully saturated rings. The van der Waals surface area contributed by atoms with E-state index in [1.807, 2.05) is 27.7 Å². The highest BCUT2D eigenvalue weighted by Crippen LogP contribution is 2.37. The largest absolute Gasteiger partial charge is 0.511 e. The number of nitrogens with zero attached hydrogens (tertiary/aromatic N) is 3. The summed E-state index contributed by atoms with van der Waals surface area (Å²) in [4.78, 5) is 59.8. The number of carbonyl (C=O) groups excluding carboxylic acids is 3. The molecule has 0 atom stereocenters. The first-order valence-corrected chi connectivity index (χ1v) is 16.3. The fraction of sp³-hybridized carbons (Fsp3) is 0.556. The van der Waals surface area contributed by atoms with Crippen molar-refractivity contribution in [2.75, 3.05) is 32.8 Å². The van der Waals surface area contributed by atoms with E-state index in [0.29, 0.717) is 87.4 Å². The monoisotopic (exact) mass is 667 g/mol. The average Bonchev–Trinajstić information content (AvgIpc) is 2.96. The van der Waals surface area contributed by atoms with Crippen molar-refractivity contribution in [1.29, 1.82) is 0 Å². The first-order valence-electron chi connectivity index (χ1n) is 16.3. The zero-order chi connectivity index (χ0) is 35.6. The Balaban J connectivity index is 1.63. The maximum Gasteiger partial charge on any atom is 0.410 e. The molecule has 1 aromatic carbocycles. The normalized spacial score (nSPS) is 18.2. The second-order valence-corrected chi connectivity index (χ2v) is 14.0. The lowest BCUT2D eigenvalue weighted by molar-refractivity contribution is -0.139. The van der Waals surface area contributed by atoms with Gasteiger partial charge in [0.2, 0.25) is 0 Å². The van der Waals surface area contributed by atoms with E-state index < -0.39 is 18.7 Å². The molecule has 3 N–H and O–H groups in total. The summed E-state index contributed by atoms with van der Waals surface area (Å²) in [6.07, 6.45) is 1.89. The fourth-order valence-corrected chi connectivity index (χ4v) is 5.93. The van der Waals surface area contributed by atoms with Crippen LogP contribution in [0.1, 0.15) is 85.6 Å². The number of carboxylic acid groups (broad SMARTS) is 1. The van der Waals surface area contributed by atoms with Crippen molar-refractivity contribution in [3.8, 4) is 5.75 Å². The maximum absolute atomic E-state index is 13.2. The Bertz CT molecular complexity index is 1430. The van der Waals surface area contributed by atoms with Crippen molar-refractivity contribution >= 4 is 35.1 Å². The molecule has 0 spiro atoms. The van der Waals surface area contributed by atoms with E-state index in [2.05, 4.69) is 9.98 Å². The first kappa shape index (κ1) is 38.0. The number of ketones is 2. The van der Waals surface area contributed by atoms with Crippen LogP contribution in [-0.4, -0.2) is 88.1 Å². The molecule has 0 aliphatic heterocycles. The highest BCUT2D eigenvalue weighted by molar-refractivity contribution is 6.23. The number of amides is 1. The number of carbonyl (C=O) groups is 4. The van der Waals surface area contributed by atoms with Gasteiger partial charge >= 0.3 is 12.1 Å². The van der Waals surface area contributed by atoms with Gasteiger partial charge in [0.15, 0.2) is 18.2 Å². The molecule has 1 aromatic rings. The standard InChI is InChI=1S/C36H49N3O9/c1-23(32-27(40)17-35(3,4)18-28(32)41)37-13-7-15-39(34(46)48-21-25-9-11-26(12-10-25)47-22-31(44)45)16-8-14-38-24(2)33-29(42)19-36(5,6)20-30(33)43/h9-12,40,42H,7-8,13-22H2,1-6H3,(H,44,45).